The molecule has 0 spiro atoms. The second-order valence-electron chi connectivity index (χ2n) is 4.90. The van der Waals surface area contributed by atoms with Crippen molar-refractivity contribution in [2.75, 3.05) is 0 Å². The fourth-order valence-electron chi connectivity index (χ4n) is 1.81. The van der Waals surface area contributed by atoms with Crippen LogP contribution in [0.2, 0.25) is 0 Å². The van der Waals surface area contributed by atoms with Gasteiger partial charge in [-0.25, -0.2) is 22.0 Å². The fraction of sp³-hybridized carbons (Fsp3) is 0.0769. The van der Waals surface area contributed by atoms with Crippen LogP contribution >= 0.6 is 0 Å². The number of hydrogen-bond donors (Lipinski definition) is 0. The number of halogens is 8. The number of benzene rings is 2. The van der Waals surface area contributed by atoms with Gasteiger partial charge in [0.15, 0.2) is 28.2 Å². The molecule has 5 nitrogen and oxygen atoms in total. The summed E-state index contributed by atoms with van der Waals surface area (Å²) in [6, 6.07) is 0.959. The lowest BCUT2D eigenvalue weighted by atomic mass is 10.2. The molecule has 0 unspecified atom stereocenters. The molecule has 0 atom stereocenters. The topological polar surface area (TPSA) is 77.5 Å². The molecule has 0 saturated heterocycles. The van der Waals surface area contributed by atoms with Crippen molar-refractivity contribution in [3.05, 3.63) is 58.9 Å². The summed E-state index contributed by atoms with van der Waals surface area (Å²) < 4.78 is 154. The molecule has 2 aromatic carbocycles. The maximum atomic E-state index is 13.6. The van der Waals surface area contributed by atoms with E-state index in [1.54, 1.807) is 0 Å². The summed E-state index contributed by atoms with van der Waals surface area (Å²) in [5.41, 5.74) is -1.32. The first-order valence-corrected chi connectivity index (χ1v) is 9.31. The summed E-state index contributed by atoms with van der Waals surface area (Å²) >= 11 is 0. The van der Waals surface area contributed by atoms with E-state index in [4.69, 9.17) is 0 Å². The molecule has 0 saturated carbocycles. The highest BCUT2D eigenvalue weighted by molar-refractivity contribution is 7.99. The van der Waals surface area contributed by atoms with Crippen molar-refractivity contribution in [3.63, 3.8) is 0 Å². The van der Waals surface area contributed by atoms with Gasteiger partial charge < -0.3 is 0 Å². The molecule has 2 aromatic rings. The molecule has 0 N–H and O–H groups in total. The summed E-state index contributed by atoms with van der Waals surface area (Å²) in [6.45, 7) is 0. The Hall–Kier alpha value is -2.26. The fourth-order valence-corrected chi connectivity index (χ4v) is 4.42. The van der Waals surface area contributed by atoms with Crippen LogP contribution in [0.5, 0.6) is 0 Å². The van der Waals surface area contributed by atoms with E-state index in [0.29, 0.717) is 0 Å². The van der Waals surface area contributed by atoms with E-state index < -0.39 is 70.9 Å². The maximum Gasteiger partial charge on any atom is 0.416 e. The van der Waals surface area contributed by atoms with Crippen LogP contribution in [0.3, 0.4) is 0 Å². The highest BCUT2D eigenvalue weighted by atomic mass is 32.3. The van der Waals surface area contributed by atoms with E-state index in [2.05, 4.69) is 3.63 Å². The third-order valence-electron chi connectivity index (χ3n) is 3.07. The summed E-state index contributed by atoms with van der Waals surface area (Å²) in [7, 11) is -11.7. The molecule has 28 heavy (non-hydrogen) atoms. The van der Waals surface area contributed by atoms with Crippen LogP contribution in [0.4, 0.5) is 35.1 Å². The second-order valence-corrected chi connectivity index (χ2v) is 8.14. The molecule has 0 amide bonds. The molecule has 154 valence electrons. The Morgan fingerprint density at radius 2 is 1.04 bits per heavy atom. The van der Waals surface area contributed by atoms with E-state index in [-0.39, 0.29) is 24.3 Å². The average Bonchev–Trinajstić information content (AvgIpc) is 2.56. The van der Waals surface area contributed by atoms with Crippen LogP contribution in [0.1, 0.15) is 5.56 Å². The van der Waals surface area contributed by atoms with E-state index in [9.17, 15) is 52.0 Å². The lowest BCUT2D eigenvalue weighted by molar-refractivity contribution is -0.137. The predicted molar refractivity (Wildman–Crippen MR) is 73.1 cm³/mol. The molecule has 0 bridgehead atoms. The molecule has 0 aliphatic carbocycles. The highest BCUT2D eigenvalue weighted by Crippen LogP contribution is 2.32. The zero-order valence-corrected chi connectivity index (χ0v) is 14.3. The molecule has 0 aromatic heterocycles. The van der Waals surface area contributed by atoms with Crippen molar-refractivity contribution >= 4 is 20.2 Å². The quantitative estimate of drug-likeness (QED) is 0.400. The Balaban J connectivity index is 2.53. The molecular weight excluding hydrogens is 452 g/mol. The first-order valence-electron chi connectivity index (χ1n) is 6.49. The lowest BCUT2D eigenvalue weighted by Crippen LogP contribution is -2.19. The van der Waals surface area contributed by atoms with E-state index in [1.807, 2.05) is 0 Å². The Kier molecular flexibility index (Phi) is 5.48. The van der Waals surface area contributed by atoms with Gasteiger partial charge in [-0.1, -0.05) is 0 Å². The molecule has 2 rings (SSSR count). The van der Waals surface area contributed by atoms with Crippen LogP contribution in [0, 0.1) is 29.1 Å². The van der Waals surface area contributed by atoms with Gasteiger partial charge in [0.1, 0.15) is 0 Å². The highest BCUT2D eigenvalue weighted by Gasteiger charge is 2.38. The number of rotatable bonds is 4. The summed E-state index contributed by atoms with van der Waals surface area (Å²) in [5, 5.41) is 0. The maximum absolute atomic E-state index is 13.6. The standard InChI is InChI=1S/C13H4F8O5S2/c14-7-8(15)10(17)12(11(18)9(7)16)28(24,25)26-27(22,23)6-3-1-5(2-4-6)13(19,20)21/h1-4H. The zero-order valence-electron chi connectivity index (χ0n) is 12.7. The van der Waals surface area contributed by atoms with Crippen molar-refractivity contribution in [2.45, 2.75) is 16.0 Å². The molecule has 15 heteroatoms. The first-order chi connectivity index (χ1) is 12.6. The third kappa shape index (κ3) is 3.95. The SMILES string of the molecule is O=S(=O)(OS(=O)(=O)c1c(F)c(F)c(F)c(F)c1F)c1ccc(C(F)(F)F)cc1. The summed E-state index contributed by atoms with van der Waals surface area (Å²) in [4.78, 5) is -3.78. The predicted octanol–water partition coefficient (Wildman–Crippen LogP) is 3.50. The Morgan fingerprint density at radius 3 is 1.43 bits per heavy atom. The first kappa shape index (κ1) is 22.0. The van der Waals surface area contributed by atoms with Gasteiger partial charge in [0.25, 0.3) is 0 Å². The van der Waals surface area contributed by atoms with Crippen LogP contribution in [0.15, 0.2) is 34.1 Å². The van der Waals surface area contributed by atoms with Gasteiger partial charge in [-0.3, -0.25) is 0 Å². The molecular formula is C13H4F8O5S2. The summed E-state index contributed by atoms with van der Waals surface area (Å²) in [6.07, 6.45) is -4.87. The normalized spacial score (nSPS) is 13.0. The van der Waals surface area contributed by atoms with Gasteiger partial charge in [-0.05, 0) is 24.3 Å². The average molecular weight is 456 g/mol. The van der Waals surface area contributed by atoms with Crippen LogP contribution in [0.25, 0.3) is 0 Å². The second kappa shape index (κ2) is 6.97. The Bertz CT molecular complexity index is 1110. The van der Waals surface area contributed by atoms with Gasteiger partial charge in [-0.15, -0.1) is 3.63 Å². The summed E-state index contributed by atoms with van der Waals surface area (Å²) in [5.74, 6) is -13.9. The molecule has 0 fully saturated rings. The van der Waals surface area contributed by atoms with E-state index in [0.717, 1.165) is 0 Å². The zero-order chi connectivity index (χ0) is 21.7. The largest absolute Gasteiger partial charge is 0.416 e. The van der Waals surface area contributed by atoms with Crippen LogP contribution in [-0.4, -0.2) is 16.8 Å². The Labute approximate surface area is 151 Å². The number of alkyl halides is 3. The minimum absolute atomic E-state index is 0.223. The van der Waals surface area contributed by atoms with Crippen molar-refractivity contribution in [2.24, 2.45) is 0 Å². The minimum atomic E-state index is -6.13. The molecule has 0 aliphatic rings. The van der Waals surface area contributed by atoms with Crippen molar-refractivity contribution in [1.82, 2.24) is 0 Å². The van der Waals surface area contributed by atoms with Gasteiger partial charge in [0.2, 0.25) is 5.82 Å². The van der Waals surface area contributed by atoms with E-state index >= 15 is 0 Å². The van der Waals surface area contributed by atoms with Gasteiger partial charge in [0, 0.05) is 0 Å². The van der Waals surface area contributed by atoms with Gasteiger partial charge >= 0.3 is 26.4 Å². The molecule has 0 radical (unpaired) electrons. The van der Waals surface area contributed by atoms with Crippen molar-refractivity contribution in [1.29, 1.82) is 0 Å². The lowest BCUT2D eigenvalue weighted by Gasteiger charge is -2.10. The smallest absolute Gasteiger partial charge is 0.202 e. The van der Waals surface area contributed by atoms with Crippen LogP contribution < -0.4 is 0 Å². The number of hydrogen-bond acceptors (Lipinski definition) is 5. The minimum Gasteiger partial charge on any atom is -0.202 e. The van der Waals surface area contributed by atoms with Crippen molar-refractivity contribution in [3.8, 4) is 0 Å². The van der Waals surface area contributed by atoms with E-state index in [1.165, 1.54) is 0 Å². The molecule has 0 aliphatic heterocycles. The van der Waals surface area contributed by atoms with Crippen molar-refractivity contribution < 1.29 is 55.6 Å². The molecule has 0 heterocycles. The van der Waals surface area contributed by atoms with Crippen LogP contribution in [-0.2, 0) is 30.0 Å². The monoisotopic (exact) mass is 456 g/mol. The Morgan fingerprint density at radius 1 is 0.643 bits per heavy atom. The van der Waals surface area contributed by atoms with Gasteiger partial charge in [0.05, 0.1) is 10.5 Å². The third-order valence-corrected chi connectivity index (χ3v) is 6.21. The van der Waals surface area contributed by atoms with Gasteiger partial charge in [-0.2, -0.15) is 30.0 Å².